The van der Waals surface area contributed by atoms with Gasteiger partial charge in [-0.25, -0.2) is 0 Å². The summed E-state index contributed by atoms with van der Waals surface area (Å²) in [5.41, 5.74) is 10.8. The lowest BCUT2D eigenvalue weighted by atomic mass is 10.2. The summed E-state index contributed by atoms with van der Waals surface area (Å²) in [5, 5.41) is 17.0. The van der Waals surface area contributed by atoms with Crippen molar-refractivity contribution >= 4 is 33.5 Å². The Morgan fingerprint density at radius 3 is 2.19 bits per heavy atom. The topological polar surface area (TPSA) is 127 Å². The fourth-order valence-electron chi connectivity index (χ4n) is 0.812. The molecule has 0 bridgehead atoms. The Balaban J connectivity index is 3.97. The average Bonchev–Trinajstić information content (AvgIpc) is 2.22. The fraction of sp³-hybridized carbons (Fsp3) is 0.750. The van der Waals surface area contributed by atoms with Crippen LogP contribution in [0.3, 0.4) is 0 Å². The van der Waals surface area contributed by atoms with Crippen molar-refractivity contribution in [2.24, 2.45) is 11.5 Å². The predicted molar refractivity (Wildman–Crippen MR) is 65.4 cm³/mol. The second-order valence-electron chi connectivity index (χ2n) is 3.14. The van der Waals surface area contributed by atoms with Gasteiger partial charge in [0.1, 0.15) is 12.1 Å². The number of aliphatic carboxylic acids is 2. The van der Waals surface area contributed by atoms with Gasteiger partial charge in [-0.2, -0.15) is 0 Å². The van der Waals surface area contributed by atoms with Crippen molar-refractivity contribution in [1.29, 1.82) is 0 Å². The van der Waals surface area contributed by atoms with Gasteiger partial charge in [0.05, 0.1) is 0 Å². The number of rotatable bonds is 8. The maximum absolute atomic E-state index is 10.6. The van der Waals surface area contributed by atoms with Crippen LogP contribution in [-0.2, 0) is 9.59 Å². The summed E-state index contributed by atoms with van der Waals surface area (Å²) < 4.78 is 0. The first-order chi connectivity index (χ1) is 7.40. The maximum Gasteiger partial charge on any atom is 0.321 e. The van der Waals surface area contributed by atoms with Gasteiger partial charge in [0, 0.05) is 11.0 Å². The molecule has 0 rings (SSSR count). The van der Waals surface area contributed by atoms with E-state index in [1.165, 1.54) is 21.6 Å². The average molecular weight is 268 g/mol. The Kier molecular flexibility index (Phi) is 7.56. The minimum atomic E-state index is -1.07. The Labute approximate surface area is 102 Å². The van der Waals surface area contributed by atoms with E-state index in [1.54, 1.807) is 0 Å². The molecule has 8 heteroatoms. The van der Waals surface area contributed by atoms with Gasteiger partial charge < -0.3 is 21.7 Å². The van der Waals surface area contributed by atoms with E-state index < -0.39 is 24.0 Å². The molecule has 0 spiro atoms. The third kappa shape index (κ3) is 5.59. The first kappa shape index (κ1) is 15.6. The third-order valence-corrected chi connectivity index (χ3v) is 4.91. The molecule has 0 radical (unpaired) electrons. The predicted octanol–water partition coefficient (Wildman–Crippen LogP) is -0.0298. The van der Waals surface area contributed by atoms with Crippen molar-refractivity contribution < 1.29 is 19.8 Å². The highest BCUT2D eigenvalue weighted by molar-refractivity contribution is 8.77. The van der Waals surface area contributed by atoms with E-state index in [-0.39, 0.29) is 11.0 Å². The molecular weight excluding hydrogens is 252 g/mol. The van der Waals surface area contributed by atoms with Gasteiger partial charge in [0.25, 0.3) is 0 Å². The molecule has 0 aromatic heterocycles. The van der Waals surface area contributed by atoms with Crippen molar-refractivity contribution in [3.05, 3.63) is 0 Å². The van der Waals surface area contributed by atoms with Crippen LogP contribution >= 0.6 is 21.6 Å². The molecule has 0 heterocycles. The van der Waals surface area contributed by atoms with Gasteiger partial charge in [-0.05, 0) is 6.42 Å². The minimum Gasteiger partial charge on any atom is -0.480 e. The Morgan fingerprint density at radius 1 is 1.25 bits per heavy atom. The van der Waals surface area contributed by atoms with Crippen LogP contribution in [0.15, 0.2) is 0 Å². The van der Waals surface area contributed by atoms with Gasteiger partial charge >= 0.3 is 11.9 Å². The first-order valence-corrected chi connectivity index (χ1v) is 7.03. The molecule has 94 valence electrons. The van der Waals surface area contributed by atoms with E-state index in [2.05, 4.69) is 0 Å². The summed E-state index contributed by atoms with van der Waals surface area (Å²) in [4.78, 5) is 21.1. The lowest BCUT2D eigenvalue weighted by Crippen LogP contribution is -2.39. The highest BCUT2D eigenvalue weighted by Crippen LogP contribution is 2.30. The molecule has 0 aromatic carbocycles. The van der Waals surface area contributed by atoms with Crippen LogP contribution in [0.1, 0.15) is 13.3 Å². The number of hydrogen-bond donors (Lipinski definition) is 4. The summed E-state index contributed by atoms with van der Waals surface area (Å²) in [5.74, 6) is -1.89. The van der Waals surface area contributed by atoms with Gasteiger partial charge in [0.2, 0.25) is 0 Å². The molecule has 6 N–H and O–H groups in total. The fourth-order valence-corrected chi connectivity index (χ4v) is 3.69. The molecule has 0 aliphatic rings. The SMILES string of the molecule is CCC(SSC[C@H](N)C(=O)O)[C@H](N)C(=O)O. The zero-order chi connectivity index (χ0) is 12.7. The van der Waals surface area contributed by atoms with Gasteiger partial charge in [0.15, 0.2) is 0 Å². The molecule has 0 aliphatic heterocycles. The molecule has 0 fully saturated rings. The second-order valence-corrected chi connectivity index (χ2v) is 5.79. The van der Waals surface area contributed by atoms with Crippen molar-refractivity contribution in [2.45, 2.75) is 30.7 Å². The number of hydrogen-bond acceptors (Lipinski definition) is 6. The molecule has 16 heavy (non-hydrogen) atoms. The summed E-state index contributed by atoms with van der Waals surface area (Å²) >= 11 is 0. The summed E-state index contributed by atoms with van der Waals surface area (Å²) in [6.45, 7) is 1.83. The van der Waals surface area contributed by atoms with Crippen LogP contribution < -0.4 is 11.5 Å². The van der Waals surface area contributed by atoms with Crippen molar-refractivity contribution in [2.75, 3.05) is 5.75 Å². The number of nitrogens with two attached hydrogens (primary N) is 2. The molecule has 0 aliphatic carbocycles. The van der Waals surface area contributed by atoms with E-state index in [4.69, 9.17) is 21.7 Å². The van der Waals surface area contributed by atoms with Crippen molar-refractivity contribution in [1.82, 2.24) is 0 Å². The lowest BCUT2D eigenvalue weighted by molar-refractivity contribution is -0.139. The molecule has 1 unspecified atom stereocenters. The second kappa shape index (κ2) is 7.77. The monoisotopic (exact) mass is 268 g/mol. The zero-order valence-corrected chi connectivity index (χ0v) is 10.5. The van der Waals surface area contributed by atoms with E-state index in [0.29, 0.717) is 6.42 Å². The van der Waals surface area contributed by atoms with E-state index >= 15 is 0 Å². The molecular formula is C8H16N2O4S2. The molecule has 0 amide bonds. The molecule has 0 saturated heterocycles. The van der Waals surface area contributed by atoms with E-state index in [0.717, 1.165) is 0 Å². The lowest BCUT2D eigenvalue weighted by Gasteiger charge is -2.18. The highest BCUT2D eigenvalue weighted by atomic mass is 33.1. The minimum absolute atomic E-state index is 0.225. The van der Waals surface area contributed by atoms with Gasteiger partial charge in [-0.15, -0.1) is 0 Å². The highest BCUT2D eigenvalue weighted by Gasteiger charge is 2.24. The quantitative estimate of drug-likeness (QED) is 0.452. The molecule has 3 atom stereocenters. The van der Waals surface area contributed by atoms with Crippen LogP contribution in [0.2, 0.25) is 0 Å². The first-order valence-electron chi connectivity index (χ1n) is 4.65. The molecule has 6 nitrogen and oxygen atoms in total. The standard InChI is InChI=1S/C8H16N2O4S2/c1-2-5(6(10)8(13)14)16-15-3-4(9)7(11)12/h4-6H,2-3,9-10H2,1H3,(H,11,12)(H,13,14)/t4-,5?,6-/m0/s1. The van der Waals surface area contributed by atoms with Crippen LogP contribution in [0.4, 0.5) is 0 Å². The smallest absolute Gasteiger partial charge is 0.321 e. The third-order valence-electron chi connectivity index (χ3n) is 1.84. The van der Waals surface area contributed by atoms with Crippen LogP contribution in [-0.4, -0.2) is 45.2 Å². The Morgan fingerprint density at radius 2 is 1.81 bits per heavy atom. The van der Waals surface area contributed by atoms with Gasteiger partial charge in [-0.1, -0.05) is 28.5 Å². The van der Waals surface area contributed by atoms with Gasteiger partial charge in [-0.3, -0.25) is 9.59 Å². The van der Waals surface area contributed by atoms with Crippen LogP contribution in [0, 0.1) is 0 Å². The largest absolute Gasteiger partial charge is 0.480 e. The Hall–Kier alpha value is -0.440. The van der Waals surface area contributed by atoms with E-state index in [1.807, 2.05) is 6.92 Å². The summed E-state index contributed by atoms with van der Waals surface area (Å²) in [6.07, 6.45) is 0.605. The molecule has 0 aromatic rings. The summed E-state index contributed by atoms with van der Waals surface area (Å²) in [7, 11) is 2.51. The van der Waals surface area contributed by atoms with Crippen LogP contribution in [0.5, 0.6) is 0 Å². The van der Waals surface area contributed by atoms with Crippen molar-refractivity contribution in [3.8, 4) is 0 Å². The normalized spacial score (nSPS) is 16.4. The maximum atomic E-state index is 10.6. The number of carbonyl (C=O) groups is 2. The summed E-state index contributed by atoms with van der Waals surface area (Å²) in [6, 6.07) is -1.88. The number of carboxylic acids is 2. The molecule has 0 saturated carbocycles. The van der Waals surface area contributed by atoms with E-state index in [9.17, 15) is 9.59 Å². The van der Waals surface area contributed by atoms with Crippen LogP contribution in [0.25, 0.3) is 0 Å². The number of carboxylic acid groups (broad SMARTS) is 2. The zero-order valence-electron chi connectivity index (χ0n) is 8.83. The Bertz CT molecular complexity index is 252. The van der Waals surface area contributed by atoms with Crippen molar-refractivity contribution in [3.63, 3.8) is 0 Å².